The molecule has 0 saturated carbocycles. The van der Waals surface area contributed by atoms with Crippen LogP contribution in [0, 0.1) is 0 Å². The molecule has 0 amide bonds. The first-order valence-electron chi connectivity index (χ1n) is 4.43. The molecule has 13 heavy (non-hydrogen) atoms. The molecule has 0 N–H and O–H groups in total. The van der Waals surface area contributed by atoms with Gasteiger partial charge in [-0.15, -0.1) is 5.10 Å². The van der Waals surface area contributed by atoms with Gasteiger partial charge in [0, 0.05) is 24.6 Å². The van der Waals surface area contributed by atoms with Crippen molar-refractivity contribution in [2.75, 3.05) is 18.0 Å². The zero-order valence-electron chi connectivity index (χ0n) is 7.80. The van der Waals surface area contributed by atoms with Crippen LogP contribution in [0.1, 0.15) is 13.8 Å². The summed E-state index contributed by atoms with van der Waals surface area (Å²) in [7, 11) is 0. The number of hydrogen-bond acceptors (Lipinski definition) is 5. The Balaban J connectivity index is 2.07. The third-order valence-electron chi connectivity index (χ3n) is 2.08. The lowest BCUT2D eigenvalue weighted by molar-refractivity contribution is -0.00501. The highest BCUT2D eigenvalue weighted by molar-refractivity contribution is 7.09. The molecule has 0 radical (unpaired) electrons. The summed E-state index contributed by atoms with van der Waals surface area (Å²) >= 11 is 1.44. The van der Waals surface area contributed by atoms with Gasteiger partial charge in [-0.25, -0.2) is 0 Å². The molecule has 0 aromatic carbocycles. The van der Waals surface area contributed by atoms with Crippen LogP contribution in [0.3, 0.4) is 0 Å². The fraction of sp³-hybridized carbons (Fsp3) is 0.750. The lowest BCUT2D eigenvalue weighted by Crippen LogP contribution is -2.45. The maximum absolute atomic E-state index is 5.64. The Morgan fingerprint density at radius 1 is 1.46 bits per heavy atom. The Morgan fingerprint density at radius 3 is 2.69 bits per heavy atom. The molecule has 1 aromatic rings. The molecule has 2 heterocycles. The molecule has 1 aliphatic rings. The lowest BCUT2D eigenvalue weighted by atomic mass is 10.2. The van der Waals surface area contributed by atoms with E-state index in [1.54, 1.807) is 0 Å². The van der Waals surface area contributed by atoms with Crippen LogP contribution in [-0.4, -0.2) is 34.9 Å². The Hall–Kier alpha value is -0.680. The number of anilines is 1. The summed E-state index contributed by atoms with van der Waals surface area (Å²) in [6.45, 7) is 6.07. The molecule has 1 aliphatic heterocycles. The van der Waals surface area contributed by atoms with E-state index in [0.29, 0.717) is 12.2 Å². The van der Waals surface area contributed by atoms with Crippen LogP contribution < -0.4 is 4.90 Å². The molecule has 2 atom stereocenters. The number of hydrogen-bond donors (Lipinski definition) is 0. The highest BCUT2D eigenvalue weighted by Gasteiger charge is 2.23. The SMILES string of the molecule is CC1CN(c2cnns2)CC(C)O1. The Labute approximate surface area is 81.7 Å². The quantitative estimate of drug-likeness (QED) is 0.680. The molecule has 1 saturated heterocycles. The van der Waals surface area contributed by atoms with Crippen molar-refractivity contribution in [3.8, 4) is 0 Å². The highest BCUT2D eigenvalue weighted by atomic mass is 32.1. The van der Waals surface area contributed by atoms with Crippen molar-refractivity contribution in [1.29, 1.82) is 0 Å². The van der Waals surface area contributed by atoms with E-state index in [2.05, 4.69) is 28.3 Å². The summed E-state index contributed by atoms with van der Waals surface area (Å²) in [5.74, 6) is 0. The van der Waals surface area contributed by atoms with E-state index in [4.69, 9.17) is 4.74 Å². The smallest absolute Gasteiger partial charge is 0.132 e. The van der Waals surface area contributed by atoms with Gasteiger partial charge in [-0.2, -0.15) is 0 Å². The van der Waals surface area contributed by atoms with Gasteiger partial charge in [-0.05, 0) is 13.8 Å². The van der Waals surface area contributed by atoms with E-state index in [1.165, 1.54) is 11.5 Å². The van der Waals surface area contributed by atoms with Crippen LogP contribution in [0.4, 0.5) is 5.00 Å². The predicted molar refractivity (Wildman–Crippen MR) is 52.1 cm³/mol. The normalized spacial score (nSPS) is 29.2. The lowest BCUT2D eigenvalue weighted by Gasteiger charge is -2.35. The van der Waals surface area contributed by atoms with Crippen LogP contribution in [-0.2, 0) is 4.74 Å². The summed E-state index contributed by atoms with van der Waals surface area (Å²) in [5.41, 5.74) is 0. The molecule has 2 unspecified atom stereocenters. The fourth-order valence-corrected chi connectivity index (χ4v) is 2.20. The summed E-state index contributed by atoms with van der Waals surface area (Å²) < 4.78 is 9.49. The second-order valence-corrected chi connectivity index (χ2v) is 4.18. The van der Waals surface area contributed by atoms with Crippen LogP contribution in [0.25, 0.3) is 0 Å². The van der Waals surface area contributed by atoms with Gasteiger partial charge >= 0.3 is 0 Å². The zero-order chi connectivity index (χ0) is 9.26. The minimum Gasteiger partial charge on any atom is -0.372 e. The maximum atomic E-state index is 5.64. The van der Waals surface area contributed by atoms with Gasteiger partial charge in [0.05, 0.1) is 18.4 Å². The van der Waals surface area contributed by atoms with Crippen molar-refractivity contribution in [3.05, 3.63) is 6.20 Å². The number of nitrogens with zero attached hydrogens (tertiary/aromatic N) is 3. The molecular formula is C8H13N3OS. The summed E-state index contributed by atoms with van der Waals surface area (Å²) in [6, 6.07) is 0. The van der Waals surface area contributed by atoms with Gasteiger partial charge in [0.2, 0.25) is 0 Å². The molecule has 5 heteroatoms. The van der Waals surface area contributed by atoms with Crippen molar-refractivity contribution in [2.24, 2.45) is 0 Å². The van der Waals surface area contributed by atoms with Crippen LogP contribution in [0.5, 0.6) is 0 Å². The highest BCUT2D eigenvalue weighted by Crippen LogP contribution is 2.21. The molecule has 0 spiro atoms. The Morgan fingerprint density at radius 2 is 2.15 bits per heavy atom. The van der Waals surface area contributed by atoms with Crippen molar-refractivity contribution < 1.29 is 4.74 Å². The summed E-state index contributed by atoms with van der Waals surface area (Å²) in [5, 5.41) is 4.97. The van der Waals surface area contributed by atoms with Crippen molar-refractivity contribution in [2.45, 2.75) is 26.1 Å². The number of morpholine rings is 1. The first-order chi connectivity index (χ1) is 6.25. The first kappa shape index (κ1) is 8.90. The van der Waals surface area contributed by atoms with Crippen LogP contribution in [0.15, 0.2) is 6.20 Å². The molecule has 0 aliphatic carbocycles. The largest absolute Gasteiger partial charge is 0.372 e. The van der Waals surface area contributed by atoms with Crippen LogP contribution >= 0.6 is 11.5 Å². The molecular weight excluding hydrogens is 186 g/mol. The monoisotopic (exact) mass is 199 g/mol. The standard InChI is InChI=1S/C8H13N3OS/c1-6-4-11(5-7(2)12-6)8-3-9-10-13-8/h3,6-7H,4-5H2,1-2H3. The number of aromatic nitrogens is 2. The Kier molecular flexibility index (Phi) is 2.46. The van der Waals surface area contributed by atoms with E-state index < -0.39 is 0 Å². The third-order valence-corrected chi connectivity index (χ3v) is 2.81. The van der Waals surface area contributed by atoms with E-state index in [-0.39, 0.29) is 0 Å². The molecule has 4 nitrogen and oxygen atoms in total. The van der Waals surface area contributed by atoms with Gasteiger partial charge < -0.3 is 9.64 Å². The fourth-order valence-electron chi connectivity index (χ4n) is 1.66. The topological polar surface area (TPSA) is 38.2 Å². The molecule has 0 bridgehead atoms. The van der Waals surface area contributed by atoms with Gasteiger partial charge in [-0.1, -0.05) is 4.49 Å². The number of ether oxygens (including phenoxy) is 1. The average molecular weight is 199 g/mol. The predicted octanol–water partition coefficient (Wildman–Crippen LogP) is 1.15. The van der Waals surface area contributed by atoms with Gasteiger partial charge in [0.25, 0.3) is 0 Å². The molecule has 72 valence electrons. The third kappa shape index (κ3) is 1.97. The minimum atomic E-state index is 0.297. The maximum Gasteiger partial charge on any atom is 0.132 e. The van der Waals surface area contributed by atoms with Crippen molar-refractivity contribution >= 4 is 16.5 Å². The first-order valence-corrected chi connectivity index (χ1v) is 5.21. The van der Waals surface area contributed by atoms with E-state index >= 15 is 0 Å². The minimum absolute atomic E-state index is 0.297. The summed E-state index contributed by atoms with van der Waals surface area (Å²) in [6.07, 6.45) is 2.41. The molecule has 2 rings (SSSR count). The second-order valence-electron chi connectivity index (χ2n) is 3.42. The molecule has 1 fully saturated rings. The van der Waals surface area contributed by atoms with Crippen molar-refractivity contribution in [3.63, 3.8) is 0 Å². The van der Waals surface area contributed by atoms with Crippen LogP contribution in [0.2, 0.25) is 0 Å². The van der Waals surface area contributed by atoms with E-state index in [9.17, 15) is 0 Å². The van der Waals surface area contributed by atoms with Gasteiger partial charge in [0.1, 0.15) is 5.00 Å². The van der Waals surface area contributed by atoms with E-state index in [0.717, 1.165) is 18.1 Å². The number of rotatable bonds is 1. The van der Waals surface area contributed by atoms with Gasteiger partial charge in [-0.3, -0.25) is 0 Å². The summed E-state index contributed by atoms with van der Waals surface area (Å²) in [4.78, 5) is 2.28. The van der Waals surface area contributed by atoms with Gasteiger partial charge in [0.15, 0.2) is 0 Å². The van der Waals surface area contributed by atoms with Crippen molar-refractivity contribution in [1.82, 2.24) is 9.59 Å². The second kappa shape index (κ2) is 3.59. The van der Waals surface area contributed by atoms with E-state index in [1.807, 2.05) is 6.20 Å². The Bertz CT molecular complexity index is 254. The average Bonchev–Trinajstić information content (AvgIpc) is 2.53. The molecule has 1 aromatic heterocycles. The zero-order valence-corrected chi connectivity index (χ0v) is 8.62.